The minimum Gasteiger partial charge on any atom is -0.481 e. The van der Waals surface area contributed by atoms with Gasteiger partial charge in [0.15, 0.2) is 0 Å². The highest BCUT2D eigenvalue weighted by molar-refractivity contribution is 6.35. The Kier molecular flexibility index (Phi) is 3.72. The van der Waals surface area contributed by atoms with Gasteiger partial charge < -0.3 is 5.11 Å². The summed E-state index contributed by atoms with van der Waals surface area (Å²) in [6.45, 7) is 1.77. The van der Waals surface area contributed by atoms with E-state index in [9.17, 15) is 4.79 Å². The minimum atomic E-state index is -0.874. The molecular weight excluding hydrogens is 225 g/mol. The number of carboxylic acid groups (broad SMARTS) is 1. The van der Waals surface area contributed by atoms with Crippen LogP contribution in [0.2, 0.25) is 10.0 Å². The summed E-state index contributed by atoms with van der Waals surface area (Å²) in [7, 11) is 0. The third-order valence-electron chi connectivity index (χ3n) is 1.86. The summed E-state index contributed by atoms with van der Waals surface area (Å²) in [6, 6.07) is 0. The van der Waals surface area contributed by atoms with Crippen LogP contribution in [0.15, 0.2) is 12.4 Å². The summed E-state index contributed by atoms with van der Waals surface area (Å²) in [4.78, 5) is 14.3. The summed E-state index contributed by atoms with van der Waals surface area (Å²) in [5.41, 5.74) is 0.644. The molecule has 5 heteroatoms. The second kappa shape index (κ2) is 4.62. The first-order chi connectivity index (χ1) is 6.52. The molecule has 0 aliphatic rings. The molecular formula is C9H9Cl2NO2. The zero-order chi connectivity index (χ0) is 10.7. The number of aromatic nitrogens is 1. The summed E-state index contributed by atoms with van der Waals surface area (Å²) >= 11 is 11.7. The molecule has 0 saturated heterocycles. The fourth-order valence-corrected chi connectivity index (χ4v) is 1.99. The van der Waals surface area contributed by atoms with Gasteiger partial charge in [0, 0.05) is 12.4 Å². The maximum Gasteiger partial charge on any atom is 0.303 e. The van der Waals surface area contributed by atoms with E-state index in [0.717, 1.165) is 0 Å². The number of carbonyl (C=O) groups is 1. The van der Waals surface area contributed by atoms with Gasteiger partial charge in [-0.2, -0.15) is 0 Å². The lowest BCUT2D eigenvalue weighted by Gasteiger charge is -2.12. The predicted molar refractivity (Wildman–Crippen MR) is 54.9 cm³/mol. The maximum absolute atomic E-state index is 10.5. The summed E-state index contributed by atoms with van der Waals surface area (Å²) < 4.78 is 0. The average Bonchev–Trinajstić information content (AvgIpc) is 2.01. The lowest BCUT2D eigenvalue weighted by atomic mass is 9.99. The van der Waals surface area contributed by atoms with Gasteiger partial charge in [-0.1, -0.05) is 30.1 Å². The van der Waals surface area contributed by atoms with E-state index in [1.807, 2.05) is 0 Å². The largest absolute Gasteiger partial charge is 0.481 e. The number of pyridine rings is 1. The number of halogens is 2. The maximum atomic E-state index is 10.5. The SMILES string of the molecule is CC(CC(=O)O)c1c(Cl)cncc1Cl. The summed E-state index contributed by atoms with van der Waals surface area (Å²) in [5.74, 6) is -1.09. The van der Waals surface area contributed by atoms with Gasteiger partial charge in [0.25, 0.3) is 0 Å². The monoisotopic (exact) mass is 233 g/mol. The van der Waals surface area contributed by atoms with Crippen LogP contribution in [0.25, 0.3) is 0 Å². The Morgan fingerprint density at radius 3 is 2.43 bits per heavy atom. The Morgan fingerprint density at radius 1 is 1.50 bits per heavy atom. The van der Waals surface area contributed by atoms with E-state index in [1.54, 1.807) is 6.92 Å². The summed E-state index contributed by atoms with van der Waals surface area (Å²) in [5, 5.41) is 9.44. The number of nitrogens with zero attached hydrogens (tertiary/aromatic N) is 1. The molecule has 1 rings (SSSR count). The number of hydrogen-bond donors (Lipinski definition) is 1. The van der Waals surface area contributed by atoms with Crippen LogP contribution in [-0.2, 0) is 4.79 Å². The molecule has 0 spiro atoms. The Labute approximate surface area is 91.7 Å². The molecule has 14 heavy (non-hydrogen) atoms. The normalized spacial score (nSPS) is 12.5. The van der Waals surface area contributed by atoms with E-state index >= 15 is 0 Å². The molecule has 0 radical (unpaired) electrons. The molecule has 1 aromatic heterocycles. The second-order valence-electron chi connectivity index (χ2n) is 3.02. The van der Waals surface area contributed by atoms with Crippen molar-refractivity contribution in [3.8, 4) is 0 Å². The third-order valence-corrected chi connectivity index (χ3v) is 2.47. The van der Waals surface area contributed by atoms with Gasteiger partial charge in [0.2, 0.25) is 0 Å². The van der Waals surface area contributed by atoms with Gasteiger partial charge in [-0.3, -0.25) is 9.78 Å². The molecule has 0 fully saturated rings. The van der Waals surface area contributed by atoms with Crippen LogP contribution >= 0.6 is 23.2 Å². The van der Waals surface area contributed by atoms with Gasteiger partial charge in [0.05, 0.1) is 16.5 Å². The van der Waals surface area contributed by atoms with Gasteiger partial charge in [-0.15, -0.1) is 0 Å². The Balaban J connectivity index is 2.99. The first kappa shape index (κ1) is 11.3. The number of carboxylic acids is 1. The zero-order valence-electron chi connectivity index (χ0n) is 7.50. The van der Waals surface area contributed by atoms with Crippen molar-refractivity contribution in [2.24, 2.45) is 0 Å². The highest BCUT2D eigenvalue weighted by Gasteiger charge is 2.16. The molecule has 1 unspecified atom stereocenters. The fourth-order valence-electron chi connectivity index (χ4n) is 1.26. The Morgan fingerprint density at radius 2 is 2.00 bits per heavy atom. The molecule has 0 bridgehead atoms. The average molecular weight is 234 g/mol. The Hall–Kier alpha value is -0.800. The van der Waals surface area contributed by atoms with Crippen LogP contribution in [-0.4, -0.2) is 16.1 Å². The molecule has 1 heterocycles. The molecule has 0 aliphatic carbocycles. The topological polar surface area (TPSA) is 50.2 Å². The number of aliphatic carboxylic acids is 1. The second-order valence-corrected chi connectivity index (χ2v) is 3.83. The number of rotatable bonds is 3. The van der Waals surface area contributed by atoms with E-state index in [-0.39, 0.29) is 12.3 Å². The van der Waals surface area contributed by atoms with Crippen molar-refractivity contribution in [1.82, 2.24) is 4.98 Å². The third kappa shape index (κ3) is 2.59. The first-order valence-electron chi connectivity index (χ1n) is 4.03. The van der Waals surface area contributed by atoms with E-state index in [2.05, 4.69) is 4.98 Å². The van der Waals surface area contributed by atoms with Crippen molar-refractivity contribution < 1.29 is 9.90 Å². The van der Waals surface area contributed by atoms with Gasteiger partial charge in [-0.25, -0.2) is 0 Å². The molecule has 0 aromatic carbocycles. The molecule has 1 aromatic rings. The quantitative estimate of drug-likeness (QED) is 0.874. The lowest BCUT2D eigenvalue weighted by molar-refractivity contribution is -0.137. The standard InChI is InChI=1S/C9H9Cl2NO2/c1-5(2-8(13)14)9-6(10)3-12-4-7(9)11/h3-5H,2H2,1H3,(H,13,14). The Bertz CT molecular complexity index is 334. The van der Waals surface area contributed by atoms with Crippen molar-refractivity contribution in [2.45, 2.75) is 19.3 Å². The molecule has 0 aliphatic heterocycles. The van der Waals surface area contributed by atoms with E-state index in [1.165, 1.54) is 12.4 Å². The van der Waals surface area contributed by atoms with Crippen LogP contribution in [0.5, 0.6) is 0 Å². The van der Waals surface area contributed by atoms with Crippen molar-refractivity contribution in [3.63, 3.8) is 0 Å². The molecule has 0 saturated carbocycles. The summed E-state index contributed by atoms with van der Waals surface area (Å²) in [6.07, 6.45) is 2.92. The van der Waals surface area contributed by atoms with Gasteiger partial charge >= 0.3 is 5.97 Å². The van der Waals surface area contributed by atoms with Crippen LogP contribution in [0.1, 0.15) is 24.8 Å². The molecule has 3 nitrogen and oxygen atoms in total. The van der Waals surface area contributed by atoms with Crippen LogP contribution in [0, 0.1) is 0 Å². The van der Waals surface area contributed by atoms with Gasteiger partial charge in [0.1, 0.15) is 0 Å². The molecule has 76 valence electrons. The predicted octanol–water partition coefficient (Wildman–Crippen LogP) is 2.97. The highest BCUT2D eigenvalue weighted by atomic mass is 35.5. The highest BCUT2D eigenvalue weighted by Crippen LogP contribution is 2.32. The van der Waals surface area contributed by atoms with Crippen LogP contribution in [0.3, 0.4) is 0 Å². The smallest absolute Gasteiger partial charge is 0.303 e. The van der Waals surface area contributed by atoms with Crippen molar-refractivity contribution >= 4 is 29.2 Å². The van der Waals surface area contributed by atoms with Crippen LogP contribution < -0.4 is 0 Å². The molecule has 1 atom stereocenters. The van der Waals surface area contributed by atoms with Crippen molar-refractivity contribution in [1.29, 1.82) is 0 Å². The zero-order valence-corrected chi connectivity index (χ0v) is 9.01. The van der Waals surface area contributed by atoms with Gasteiger partial charge in [-0.05, 0) is 11.5 Å². The lowest BCUT2D eigenvalue weighted by Crippen LogP contribution is -2.04. The fraction of sp³-hybridized carbons (Fsp3) is 0.333. The van der Waals surface area contributed by atoms with E-state index in [4.69, 9.17) is 28.3 Å². The van der Waals surface area contributed by atoms with Crippen molar-refractivity contribution in [3.05, 3.63) is 28.0 Å². The van der Waals surface area contributed by atoms with Crippen LogP contribution in [0.4, 0.5) is 0 Å². The molecule has 1 N–H and O–H groups in total. The first-order valence-corrected chi connectivity index (χ1v) is 4.78. The molecule has 0 amide bonds. The van der Waals surface area contributed by atoms with E-state index in [0.29, 0.717) is 15.6 Å². The van der Waals surface area contributed by atoms with Crippen molar-refractivity contribution in [2.75, 3.05) is 0 Å². The van der Waals surface area contributed by atoms with E-state index < -0.39 is 5.97 Å². The minimum absolute atomic E-state index is 0.00343. The number of hydrogen-bond acceptors (Lipinski definition) is 2.